The summed E-state index contributed by atoms with van der Waals surface area (Å²) in [5.74, 6) is 0. The molecule has 0 aromatic heterocycles. The van der Waals surface area contributed by atoms with E-state index in [-0.39, 0.29) is 5.37 Å². The molecule has 1 aliphatic heterocycles. The van der Waals surface area contributed by atoms with Crippen molar-refractivity contribution in [1.82, 2.24) is 5.43 Å². The van der Waals surface area contributed by atoms with Crippen LogP contribution in [0.5, 0.6) is 0 Å². The van der Waals surface area contributed by atoms with E-state index >= 15 is 0 Å². The van der Waals surface area contributed by atoms with E-state index in [1.54, 1.807) is 11.8 Å². The molecule has 0 radical (unpaired) electrons. The molecule has 0 saturated carbocycles. The summed E-state index contributed by atoms with van der Waals surface area (Å²) in [6, 6.07) is 71.7. The quantitative estimate of drug-likeness (QED) is 0.174. The van der Waals surface area contributed by atoms with E-state index in [0.717, 1.165) is 10.6 Å². The van der Waals surface area contributed by atoms with Crippen LogP contribution in [-0.2, 0) is 5.41 Å². The predicted octanol–water partition coefficient (Wildman–Crippen LogP) is 12.9. The summed E-state index contributed by atoms with van der Waals surface area (Å²) in [6.45, 7) is 0. The van der Waals surface area contributed by atoms with Gasteiger partial charge in [0.05, 0.1) is 5.41 Å². The number of hydrogen-bond acceptors (Lipinski definition) is 3. The first-order chi connectivity index (χ1) is 26.7. The minimum atomic E-state index is -0.513. The Bertz CT molecular complexity index is 2880. The zero-order valence-corrected chi connectivity index (χ0v) is 30.2. The van der Waals surface area contributed by atoms with Gasteiger partial charge in [0.25, 0.3) is 0 Å². The van der Waals surface area contributed by atoms with Gasteiger partial charge in [-0.3, -0.25) is 5.43 Å². The highest BCUT2D eigenvalue weighted by Crippen LogP contribution is 2.57. The maximum atomic E-state index is 4.67. The Hall–Kier alpha value is -6.42. The molecule has 3 heteroatoms. The molecule has 0 amide bonds. The van der Waals surface area contributed by atoms with Crippen molar-refractivity contribution >= 4 is 49.1 Å². The standard InChI is InChI=1S/C51H34N2S/c1-4-13-35(14-5-1)49-52-53-50(54-49)36-23-20-34(21-24-36)41-29-39-26-27-40-30-42(38-25-22-33-12-10-11-15-37(33)28-38)32-46-48(40)47(39)45(31-41)51(46,43-16-6-2-7-17-43)44-18-8-3-9-19-44/h1-32,50,53H. The van der Waals surface area contributed by atoms with Gasteiger partial charge >= 0.3 is 0 Å². The molecule has 9 aromatic carbocycles. The average Bonchev–Trinajstić information content (AvgIpc) is 3.86. The molecule has 1 aliphatic carbocycles. The van der Waals surface area contributed by atoms with Crippen LogP contribution in [0.3, 0.4) is 0 Å². The van der Waals surface area contributed by atoms with Crippen molar-refractivity contribution in [1.29, 1.82) is 0 Å². The van der Waals surface area contributed by atoms with Crippen LogP contribution in [0.1, 0.15) is 38.8 Å². The first kappa shape index (κ1) is 31.1. The van der Waals surface area contributed by atoms with Crippen molar-refractivity contribution in [3.05, 3.63) is 228 Å². The van der Waals surface area contributed by atoms with Crippen molar-refractivity contribution in [2.75, 3.05) is 0 Å². The van der Waals surface area contributed by atoms with E-state index in [1.807, 2.05) is 6.07 Å². The van der Waals surface area contributed by atoms with Crippen LogP contribution in [0.2, 0.25) is 0 Å². The summed E-state index contributed by atoms with van der Waals surface area (Å²) < 4.78 is 0. The fraction of sp³-hybridized carbons (Fsp3) is 0.0392. The monoisotopic (exact) mass is 706 g/mol. The number of hydrazone groups is 1. The highest BCUT2D eigenvalue weighted by molar-refractivity contribution is 8.14. The average molecular weight is 707 g/mol. The molecule has 254 valence electrons. The molecule has 1 unspecified atom stereocenters. The number of nitrogens with zero attached hydrogens (tertiary/aromatic N) is 1. The molecule has 54 heavy (non-hydrogen) atoms. The summed E-state index contributed by atoms with van der Waals surface area (Å²) >= 11 is 1.76. The van der Waals surface area contributed by atoms with Crippen LogP contribution in [0.4, 0.5) is 0 Å². The van der Waals surface area contributed by atoms with Gasteiger partial charge in [-0.25, -0.2) is 0 Å². The van der Waals surface area contributed by atoms with E-state index in [0.29, 0.717) is 0 Å². The van der Waals surface area contributed by atoms with Gasteiger partial charge in [0, 0.05) is 5.56 Å². The Labute approximate surface area is 318 Å². The minimum absolute atomic E-state index is 0.0758. The summed E-state index contributed by atoms with van der Waals surface area (Å²) in [7, 11) is 0. The zero-order valence-electron chi connectivity index (χ0n) is 29.4. The van der Waals surface area contributed by atoms with E-state index in [1.165, 1.54) is 82.4 Å². The lowest BCUT2D eigenvalue weighted by molar-refractivity contribution is 0.744. The van der Waals surface area contributed by atoms with Crippen molar-refractivity contribution < 1.29 is 0 Å². The maximum absolute atomic E-state index is 4.67. The molecule has 2 nitrogen and oxygen atoms in total. The van der Waals surface area contributed by atoms with Gasteiger partial charge in [0.1, 0.15) is 10.4 Å². The van der Waals surface area contributed by atoms with Crippen LogP contribution in [-0.4, -0.2) is 5.04 Å². The molecule has 9 aromatic rings. The van der Waals surface area contributed by atoms with Crippen LogP contribution in [0.25, 0.3) is 54.6 Å². The Morgan fingerprint density at radius 2 is 0.907 bits per heavy atom. The third-order valence-corrected chi connectivity index (χ3v) is 12.6. The number of hydrogen-bond donors (Lipinski definition) is 1. The molecule has 2 aliphatic rings. The molecular formula is C51H34N2S. The highest BCUT2D eigenvalue weighted by atomic mass is 32.2. The molecule has 1 heterocycles. The van der Waals surface area contributed by atoms with Crippen LogP contribution < -0.4 is 5.43 Å². The van der Waals surface area contributed by atoms with E-state index < -0.39 is 5.41 Å². The second kappa shape index (κ2) is 12.3. The van der Waals surface area contributed by atoms with Gasteiger partial charge in [-0.1, -0.05) is 176 Å². The first-order valence-electron chi connectivity index (χ1n) is 18.6. The third-order valence-electron chi connectivity index (χ3n) is 11.4. The molecule has 0 spiro atoms. The number of benzene rings is 9. The van der Waals surface area contributed by atoms with Crippen molar-refractivity contribution in [2.24, 2.45) is 5.10 Å². The smallest absolute Gasteiger partial charge is 0.126 e. The third kappa shape index (κ3) is 4.79. The minimum Gasteiger partial charge on any atom is -0.291 e. The Morgan fingerprint density at radius 1 is 0.407 bits per heavy atom. The fourth-order valence-corrected chi connectivity index (χ4v) is 9.92. The number of thioether (sulfide) groups is 1. The predicted molar refractivity (Wildman–Crippen MR) is 228 cm³/mol. The van der Waals surface area contributed by atoms with Gasteiger partial charge in [-0.15, -0.1) is 0 Å². The molecule has 11 rings (SSSR count). The fourth-order valence-electron chi connectivity index (χ4n) is 8.92. The van der Waals surface area contributed by atoms with E-state index in [4.69, 9.17) is 0 Å². The zero-order chi connectivity index (χ0) is 35.6. The van der Waals surface area contributed by atoms with E-state index in [2.05, 4.69) is 199 Å². The second-order valence-electron chi connectivity index (χ2n) is 14.4. The lowest BCUT2D eigenvalue weighted by Gasteiger charge is -2.34. The van der Waals surface area contributed by atoms with Gasteiger partial charge in [0.2, 0.25) is 0 Å². The van der Waals surface area contributed by atoms with Crippen molar-refractivity contribution in [3.63, 3.8) is 0 Å². The number of rotatable bonds is 6. The summed E-state index contributed by atoms with van der Waals surface area (Å²) in [6.07, 6.45) is 0. The Morgan fingerprint density at radius 3 is 1.54 bits per heavy atom. The second-order valence-corrected chi connectivity index (χ2v) is 15.5. The molecule has 0 saturated heterocycles. The highest BCUT2D eigenvalue weighted by Gasteiger charge is 2.45. The summed E-state index contributed by atoms with van der Waals surface area (Å²) in [5, 5.41) is 13.5. The first-order valence-corrected chi connectivity index (χ1v) is 19.4. The molecule has 1 atom stereocenters. The largest absolute Gasteiger partial charge is 0.291 e. The lowest BCUT2D eigenvalue weighted by Crippen LogP contribution is -2.28. The van der Waals surface area contributed by atoms with Gasteiger partial charge < -0.3 is 0 Å². The number of fused-ring (bicyclic) bond motifs is 1. The van der Waals surface area contributed by atoms with Crippen molar-refractivity contribution in [3.8, 4) is 22.3 Å². The number of nitrogens with one attached hydrogen (secondary N) is 1. The molecule has 0 fully saturated rings. The summed E-state index contributed by atoms with van der Waals surface area (Å²) in [5.41, 5.74) is 15.3. The SMILES string of the molecule is c1ccc(C2=NNC(c3ccc(-c4cc5c6c(ccc7cc(-c8ccc9ccccc9c8)cc(c76)C5(c5ccccc5)c5ccccc5)c4)cc3)S2)cc1. The van der Waals surface area contributed by atoms with Crippen LogP contribution in [0, 0.1) is 0 Å². The molecule has 0 bridgehead atoms. The van der Waals surface area contributed by atoms with Crippen LogP contribution >= 0.6 is 11.8 Å². The van der Waals surface area contributed by atoms with Crippen LogP contribution in [0.15, 0.2) is 199 Å². The topological polar surface area (TPSA) is 24.4 Å². The Kier molecular flexibility index (Phi) is 7.11. The normalized spacial score (nSPS) is 15.6. The van der Waals surface area contributed by atoms with Gasteiger partial charge in [0.15, 0.2) is 0 Å². The molecule has 1 N–H and O–H groups in total. The molecular weight excluding hydrogens is 673 g/mol. The van der Waals surface area contributed by atoms with E-state index in [9.17, 15) is 0 Å². The Balaban J connectivity index is 1.09. The maximum Gasteiger partial charge on any atom is 0.126 e. The van der Waals surface area contributed by atoms with Gasteiger partial charge in [-0.2, -0.15) is 5.10 Å². The van der Waals surface area contributed by atoms with Gasteiger partial charge in [-0.05, 0) is 113 Å². The lowest BCUT2D eigenvalue weighted by atomic mass is 9.66. The van der Waals surface area contributed by atoms with Crippen molar-refractivity contribution in [2.45, 2.75) is 10.8 Å². The summed E-state index contributed by atoms with van der Waals surface area (Å²) in [4.78, 5) is 0.